The first-order valence-electron chi connectivity index (χ1n) is 6.96. The molecule has 1 atom stereocenters. The molecule has 0 saturated heterocycles. The zero-order valence-electron chi connectivity index (χ0n) is 13.2. The van der Waals surface area contributed by atoms with E-state index in [0.717, 1.165) is 0 Å². The highest BCUT2D eigenvalue weighted by atomic mass is 35.5. The molecule has 0 aromatic heterocycles. The Morgan fingerprint density at radius 3 is 2.27 bits per heavy atom. The SMILES string of the molecule is CC(C)(C)[C@H](N)C(=O)NCCCS(=O)(=O)c1ccccc1.Cl. The summed E-state index contributed by atoms with van der Waals surface area (Å²) in [6, 6.07) is 7.69. The van der Waals surface area contributed by atoms with Gasteiger partial charge in [-0.05, 0) is 24.0 Å². The van der Waals surface area contributed by atoms with Crippen LogP contribution in [0.5, 0.6) is 0 Å². The van der Waals surface area contributed by atoms with Crippen molar-refractivity contribution in [2.75, 3.05) is 12.3 Å². The second-order valence-corrected chi connectivity index (χ2v) is 8.23. The third-order valence-electron chi connectivity index (χ3n) is 3.21. The number of nitrogens with one attached hydrogen (secondary N) is 1. The molecular weight excluding hydrogens is 324 g/mol. The summed E-state index contributed by atoms with van der Waals surface area (Å²) in [6.07, 6.45) is 0.361. The first-order valence-corrected chi connectivity index (χ1v) is 8.61. The van der Waals surface area contributed by atoms with Crippen molar-refractivity contribution in [3.8, 4) is 0 Å². The lowest BCUT2D eigenvalue weighted by Gasteiger charge is -2.25. The van der Waals surface area contributed by atoms with Gasteiger partial charge in [-0.1, -0.05) is 39.0 Å². The van der Waals surface area contributed by atoms with Gasteiger partial charge < -0.3 is 11.1 Å². The maximum absolute atomic E-state index is 12.0. The quantitative estimate of drug-likeness (QED) is 0.766. The van der Waals surface area contributed by atoms with Crippen LogP contribution in [0, 0.1) is 5.41 Å². The largest absolute Gasteiger partial charge is 0.355 e. The highest BCUT2D eigenvalue weighted by Crippen LogP contribution is 2.17. The number of sulfone groups is 1. The van der Waals surface area contributed by atoms with Crippen LogP contribution >= 0.6 is 12.4 Å². The van der Waals surface area contributed by atoms with E-state index in [9.17, 15) is 13.2 Å². The van der Waals surface area contributed by atoms with E-state index < -0.39 is 15.9 Å². The number of halogens is 1. The molecular formula is C15H25ClN2O3S. The highest BCUT2D eigenvalue weighted by Gasteiger charge is 2.27. The number of amides is 1. The van der Waals surface area contributed by atoms with Gasteiger partial charge in [0.05, 0.1) is 16.7 Å². The van der Waals surface area contributed by atoms with Crippen molar-refractivity contribution in [1.29, 1.82) is 0 Å². The molecule has 0 fully saturated rings. The predicted molar refractivity (Wildman–Crippen MR) is 90.8 cm³/mol. The van der Waals surface area contributed by atoms with Crippen LogP contribution < -0.4 is 11.1 Å². The van der Waals surface area contributed by atoms with E-state index in [0.29, 0.717) is 17.9 Å². The maximum atomic E-state index is 12.0. The van der Waals surface area contributed by atoms with Crippen molar-refractivity contribution in [3.63, 3.8) is 0 Å². The fourth-order valence-electron chi connectivity index (χ4n) is 1.72. The molecule has 0 unspecified atom stereocenters. The first kappa shape index (κ1) is 20.9. The molecule has 22 heavy (non-hydrogen) atoms. The van der Waals surface area contributed by atoms with Gasteiger partial charge in [0.2, 0.25) is 5.91 Å². The molecule has 1 rings (SSSR count). The molecule has 7 heteroatoms. The summed E-state index contributed by atoms with van der Waals surface area (Å²) in [5, 5.41) is 2.68. The van der Waals surface area contributed by atoms with E-state index in [4.69, 9.17) is 5.73 Å². The van der Waals surface area contributed by atoms with Crippen LogP contribution in [0.1, 0.15) is 27.2 Å². The minimum atomic E-state index is -3.29. The van der Waals surface area contributed by atoms with Gasteiger partial charge >= 0.3 is 0 Å². The summed E-state index contributed by atoms with van der Waals surface area (Å²) in [5.41, 5.74) is 5.50. The molecule has 0 aliphatic carbocycles. The molecule has 0 spiro atoms. The smallest absolute Gasteiger partial charge is 0.237 e. The summed E-state index contributed by atoms with van der Waals surface area (Å²) in [6.45, 7) is 5.96. The van der Waals surface area contributed by atoms with Crippen LogP contribution in [0.4, 0.5) is 0 Å². The number of benzene rings is 1. The van der Waals surface area contributed by atoms with Crippen LogP contribution in [0.15, 0.2) is 35.2 Å². The Balaban J connectivity index is 0.00000441. The van der Waals surface area contributed by atoms with Gasteiger partial charge in [0.1, 0.15) is 0 Å². The van der Waals surface area contributed by atoms with Crippen molar-refractivity contribution < 1.29 is 13.2 Å². The van der Waals surface area contributed by atoms with E-state index in [2.05, 4.69) is 5.32 Å². The standard InChI is InChI=1S/C15H24N2O3S.ClH/c1-15(2,3)13(16)14(18)17-10-7-11-21(19,20)12-8-5-4-6-9-12;/h4-6,8-9,13H,7,10-11,16H2,1-3H3,(H,17,18);1H/t13-;/m1./s1. The summed E-state index contributed by atoms with van der Waals surface area (Å²) in [4.78, 5) is 12.1. The van der Waals surface area contributed by atoms with Crippen LogP contribution in [0.2, 0.25) is 0 Å². The molecule has 1 aromatic carbocycles. The highest BCUT2D eigenvalue weighted by molar-refractivity contribution is 7.91. The average molecular weight is 349 g/mol. The molecule has 0 heterocycles. The Morgan fingerprint density at radius 1 is 1.23 bits per heavy atom. The zero-order chi connectivity index (χ0) is 16.1. The Morgan fingerprint density at radius 2 is 1.77 bits per heavy atom. The number of hydrogen-bond donors (Lipinski definition) is 2. The van der Waals surface area contributed by atoms with Crippen molar-refractivity contribution in [1.82, 2.24) is 5.32 Å². The topological polar surface area (TPSA) is 89.3 Å². The summed E-state index contributed by atoms with van der Waals surface area (Å²) in [7, 11) is -3.29. The monoisotopic (exact) mass is 348 g/mol. The van der Waals surface area contributed by atoms with E-state index in [1.54, 1.807) is 30.3 Å². The molecule has 0 radical (unpaired) electrons. The summed E-state index contributed by atoms with van der Waals surface area (Å²) < 4.78 is 24.1. The number of carbonyl (C=O) groups excluding carboxylic acids is 1. The fraction of sp³-hybridized carbons (Fsp3) is 0.533. The van der Waals surface area contributed by atoms with E-state index in [1.165, 1.54) is 0 Å². The Kier molecular flexibility index (Phi) is 8.07. The lowest BCUT2D eigenvalue weighted by Crippen LogP contribution is -2.48. The number of rotatable bonds is 6. The molecule has 0 bridgehead atoms. The van der Waals surface area contributed by atoms with Crippen molar-refractivity contribution >= 4 is 28.2 Å². The lowest BCUT2D eigenvalue weighted by atomic mass is 9.87. The molecule has 3 N–H and O–H groups in total. The minimum absolute atomic E-state index is 0. The molecule has 0 saturated carbocycles. The second kappa shape index (κ2) is 8.50. The maximum Gasteiger partial charge on any atom is 0.237 e. The van der Waals surface area contributed by atoms with Gasteiger partial charge in [-0.2, -0.15) is 0 Å². The number of nitrogens with two attached hydrogens (primary N) is 1. The number of carbonyl (C=O) groups is 1. The third-order valence-corrected chi connectivity index (χ3v) is 5.02. The van der Waals surface area contributed by atoms with Gasteiger partial charge in [0.15, 0.2) is 9.84 Å². The van der Waals surface area contributed by atoms with Crippen molar-refractivity contribution in [2.45, 2.75) is 38.1 Å². The molecule has 126 valence electrons. The Hall–Kier alpha value is -1.11. The molecule has 5 nitrogen and oxygen atoms in total. The van der Waals surface area contributed by atoms with E-state index in [1.807, 2.05) is 20.8 Å². The van der Waals surface area contributed by atoms with E-state index >= 15 is 0 Å². The van der Waals surface area contributed by atoms with Crippen LogP contribution in [-0.4, -0.2) is 32.7 Å². The fourth-order valence-corrected chi connectivity index (χ4v) is 3.05. The van der Waals surface area contributed by atoms with Gasteiger partial charge in [0, 0.05) is 6.54 Å². The second-order valence-electron chi connectivity index (χ2n) is 6.12. The summed E-state index contributed by atoms with van der Waals surface area (Å²) in [5.74, 6) is -0.248. The Bertz CT molecular complexity index is 568. The van der Waals surface area contributed by atoms with Crippen molar-refractivity contribution in [3.05, 3.63) is 30.3 Å². The van der Waals surface area contributed by atoms with Gasteiger partial charge in [-0.15, -0.1) is 12.4 Å². The molecule has 0 aliphatic rings. The first-order chi connectivity index (χ1) is 9.64. The van der Waals surface area contributed by atoms with Crippen LogP contribution in [-0.2, 0) is 14.6 Å². The summed E-state index contributed by atoms with van der Waals surface area (Å²) >= 11 is 0. The molecule has 0 aliphatic heterocycles. The minimum Gasteiger partial charge on any atom is -0.355 e. The van der Waals surface area contributed by atoms with Gasteiger partial charge in [-0.25, -0.2) is 8.42 Å². The van der Waals surface area contributed by atoms with Crippen LogP contribution in [0.3, 0.4) is 0 Å². The average Bonchev–Trinajstić information content (AvgIpc) is 2.42. The zero-order valence-corrected chi connectivity index (χ0v) is 14.8. The molecule has 1 amide bonds. The number of hydrogen-bond acceptors (Lipinski definition) is 4. The Labute approximate surface area is 139 Å². The van der Waals surface area contributed by atoms with Gasteiger partial charge in [-0.3, -0.25) is 4.79 Å². The van der Waals surface area contributed by atoms with Crippen LogP contribution in [0.25, 0.3) is 0 Å². The lowest BCUT2D eigenvalue weighted by molar-refractivity contribution is -0.124. The van der Waals surface area contributed by atoms with Crippen molar-refractivity contribution in [2.24, 2.45) is 11.1 Å². The molecule has 1 aromatic rings. The normalized spacial score (nSPS) is 13.1. The third kappa shape index (κ3) is 6.34. The van der Waals surface area contributed by atoms with E-state index in [-0.39, 0.29) is 29.5 Å². The van der Waals surface area contributed by atoms with Gasteiger partial charge in [0.25, 0.3) is 0 Å². The predicted octanol–water partition coefficient (Wildman–Crippen LogP) is 1.76.